The molecular weight excluding hydrogens is 254 g/mol. The van der Waals surface area contributed by atoms with Gasteiger partial charge in [0, 0.05) is 11.3 Å². The Kier molecular flexibility index (Phi) is 5.32. The summed E-state index contributed by atoms with van der Waals surface area (Å²) in [5, 5.41) is 12.4. The van der Waals surface area contributed by atoms with Gasteiger partial charge in [0.25, 0.3) is 0 Å². The maximum Gasteiger partial charge on any atom is 0.326 e. The molecule has 1 unspecified atom stereocenters. The lowest BCUT2D eigenvalue weighted by Crippen LogP contribution is -2.30. The molecule has 5 heteroatoms. The molecule has 20 heavy (non-hydrogen) atoms. The van der Waals surface area contributed by atoms with Crippen LogP contribution < -0.4 is 5.32 Å². The monoisotopic (exact) mass is 277 g/mol. The first kappa shape index (κ1) is 14.8. The zero-order valence-corrected chi connectivity index (χ0v) is 12.1. The van der Waals surface area contributed by atoms with Crippen molar-refractivity contribution in [2.24, 2.45) is 0 Å². The van der Waals surface area contributed by atoms with Crippen molar-refractivity contribution in [1.29, 1.82) is 0 Å². The van der Waals surface area contributed by atoms with E-state index in [2.05, 4.69) is 22.2 Å². The van der Waals surface area contributed by atoms with Crippen LogP contribution >= 0.6 is 0 Å². The predicted octanol–water partition coefficient (Wildman–Crippen LogP) is 2.80. The molecule has 0 saturated carbocycles. The van der Waals surface area contributed by atoms with Crippen LogP contribution in [0.15, 0.2) is 6.33 Å². The van der Waals surface area contributed by atoms with Gasteiger partial charge in [-0.15, -0.1) is 0 Å². The molecular formula is C15H23N3O2. The van der Waals surface area contributed by atoms with Crippen LogP contribution in [0.3, 0.4) is 0 Å². The van der Waals surface area contributed by atoms with Gasteiger partial charge in [0.1, 0.15) is 18.2 Å². The normalized spacial score (nSPS) is 16.1. The summed E-state index contributed by atoms with van der Waals surface area (Å²) in [7, 11) is 0. The van der Waals surface area contributed by atoms with Gasteiger partial charge in [-0.3, -0.25) is 0 Å². The summed E-state index contributed by atoms with van der Waals surface area (Å²) < 4.78 is 0. The van der Waals surface area contributed by atoms with Crippen molar-refractivity contribution < 1.29 is 9.90 Å². The van der Waals surface area contributed by atoms with Gasteiger partial charge in [-0.2, -0.15) is 0 Å². The lowest BCUT2D eigenvalue weighted by atomic mass is 10.1. The lowest BCUT2D eigenvalue weighted by Gasteiger charge is -2.18. The quantitative estimate of drug-likeness (QED) is 0.782. The smallest absolute Gasteiger partial charge is 0.326 e. The first-order valence-electron chi connectivity index (χ1n) is 7.54. The number of aliphatic carboxylic acids is 1. The van der Waals surface area contributed by atoms with Gasteiger partial charge in [0.05, 0.1) is 0 Å². The van der Waals surface area contributed by atoms with E-state index in [1.54, 1.807) is 6.33 Å². The molecule has 0 amide bonds. The number of nitrogens with one attached hydrogen (secondary N) is 1. The molecule has 5 nitrogen and oxygen atoms in total. The maximum absolute atomic E-state index is 11.3. The van der Waals surface area contributed by atoms with E-state index in [4.69, 9.17) is 0 Å². The topological polar surface area (TPSA) is 75.1 Å². The molecule has 0 saturated heterocycles. The van der Waals surface area contributed by atoms with E-state index >= 15 is 0 Å². The molecule has 1 aliphatic rings. The fourth-order valence-electron chi connectivity index (χ4n) is 2.65. The van der Waals surface area contributed by atoms with E-state index in [-0.39, 0.29) is 0 Å². The largest absolute Gasteiger partial charge is 0.480 e. The molecule has 1 aromatic heterocycles. The Balaban J connectivity index is 2.17. The number of carboxylic acid groups (broad SMARTS) is 1. The summed E-state index contributed by atoms with van der Waals surface area (Å²) in [5.41, 5.74) is 2.20. The fraction of sp³-hybridized carbons (Fsp3) is 0.667. The molecule has 0 bridgehead atoms. The van der Waals surface area contributed by atoms with Crippen LogP contribution in [0, 0.1) is 0 Å². The van der Waals surface area contributed by atoms with E-state index in [1.807, 2.05) is 0 Å². The molecule has 1 atom stereocenters. The second-order valence-corrected chi connectivity index (χ2v) is 5.39. The van der Waals surface area contributed by atoms with Crippen molar-refractivity contribution in [3.05, 3.63) is 17.6 Å². The summed E-state index contributed by atoms with van der Waals surface area (Å²) in [4.78, 5) is 20.0. The molecule has 1 aromatic rings. The van der Waals surface area contributed by atoms with Gasteiger partial charge in [-0.05, 0) is 32.1 Å². The highest BCUT2D eigenvalue weighted by Gasteiger charge is 2.21. The predicted molar refractivity (Wildman–Crippen MR) is 77.9 cm³/mol. The number of hydrogen-bond donors (Lipinski definition) is 2. The number of carbonyl (C=O) groups is 1. The highest BCUT2D eigenvalue weighted by atomic mass is 16.4. The van der Waals surface area contributed by atoms with Crippen LogP contribution in [0.4, 0.5) is 5.82 Å². The molecule has 2 N–H and O–H groups in total. The molecule has 0 aromatic carbocycles. The third-order valence-corrected chi connectivity index (χ3v) is 3.83. The van der Waals surface area contributed by atoms with E-state index in [1.165, 1.54) is 6.42 Å². The minimum atomic E-state index is -0.806. The van der Waals surface area contributed by atoms with Crippen LogP contribution in [-0.2, 0) is 17.6 Å². The van der Waals surface area contributed by atoms with Gasteiger partial charge < -0.3 is 10.4 Å². The summed E-state index contributed by atoms with van der Waals surface area (Å²) in [6.07, 6.45) is 9.47. The molecule has 0 radical (unpaired) electrons. The standard InChI is InChI=1S/C15H23N3O2/c1-2-3-8-13(15(19)20)18-14-11-7-5-4-6-9-12(11)16-10-17-14/h10,13H,2-9H2,1H3,(H,19,20)(H,16,17,18). The summed E-state index contributed by atoms with van der Waals surface area (Å²) in [5.74, 6) is -0.0835. The van der Waals surface area contributed by atoms with Gasteiger partial charge in [-0.25, -0.2) is 14.8 Å². The van der Waals surface area contributed by atoms with Crippen LogP contribution in [0.1, 0.15) is 56.7 Å². The molecule has 0 aliphatic heterocycles. The SMILES string of the molecule is CCCCC(Nc1ncnc2c1CCCCC2)C(=O)O. The van der Waals surface area contributed by atoms with Crippen molar-refractivity contribution in [2.75, 3.05) is 5.32 Å². The van der Waals surface area contributed by atoms with Crippen LogP contribution in [0.2, 0.25) is 0 Å². The van der Waals surface area contributed by atoms with E-state index < -0.39 is 12.0 Å². The third kappa shape index (κ3) is 3.68. The molecule has 110 valence electrons. The Hall–Kier alpha value is -1.65. The molecule has 0 fully saturated rings. The fourth-order valence-corrected chi connectivity index (χ4v) is 2.65. The number of aromatic nitrogens is 2. The second kappa shape index (κ2) is 7.22. The van der Waals surface area contributed by atoms with Gasteiger partial charge >= 0.3 is 5.97 Å². The van der Waals surface area contributed by atoms with Gasteiger partial charge in [0.2, 0.25) is 0 Å². The van der Waals surface area contributed by atoms with Crippen molar-refractivity contribution in [2.45, 2.75) is 64.3 Å². The zero-order valence-electron chi connectivity index (χ0n) is 12.1. The Labute approximate surface area is 119 Å². The Morgan fingerprint density at radius 3 is 2.90 bits per heavy atom. The summed E-state index contributed by atoms with van der Waals surface area (Å²) >= 11 is 0. The second-order valence-electron chi connectivity index (χ2n) is 5.39. The number of anilines is 1. The average Bonchev–Trinajstić information content (AvgIpc) is 2.68. The van der Waals surface area contributed by atoms with Crippen molar-refractivity contribution in [3.63, 3.8) is 0 Å². The average molecular weight is 277 g/mol. The van der Waals surface area contributed by atoms with E-state index in [9.17, 15) is 9.90 Å². The van der Waals surface area contributed by atoms with Crippen LogP contribution in [0.25, 0.3) is 0 Å². The van der Waals surface area contributed by atoms with Gasteiger partial charge in [0.15, 0.2) is 0 Å². The molecule has 1 aliphatic carbocycles. The molecule has 0 spiro atoms. The summed E-state index contributed by atoms with van der Waals surface area (Å²) in [6, 6.07) is -0.558. The lowest BCUT2D eigenvalue weighted by molar-refractivity contribution is -0.138. The number of fused-ring (bicyclic) bond motifs is 1. The van der Waals surface area contributed by atoms with Crippen LogP contribution in [-0.4, -0.2) is 27.1 Å². The van der Waals surface area contributed by atoms with Crippen molar-refractivity contribution in [3.8, 4) is 0 Å². The molecule has 1 heterocycles. The van der Waals surface area contributed by atoms with E-state index in [0.717, 1.165) is 55.6 Å². The van der Waals surface area contributed by atoms with E-state index in [0.29, 0.717) is 6.42 Å². The number of rotatable bonds is 6. The maximum atomic E-state index is 11.3. The van der Waals surface area contributed by atoms with Crippen molar-refractivity contribution in [1.82, 2.24) is 9.97 Å². The highest BCUT2D eigenvalue weighted by molar-refractivity contribution is 5.77. The van der Waals surface area contributed by atoms with Crippen LogP contribution in [0.5, 0.6) is 0 Å². The minimum absolute atomic E-state index is 0.558. The number of carboxylic acids is 1. The number of unbranched alkanes of at least 4 members (excludes halogenated alkanes) is 1. The number of nitrogens with zero attached hydrogens (tertiary/aromatic N) is 2. The third-order valence-electron chi connectivity index (χ3n) is 3.83. The first-order chi connectivity index (χ1) is 9.72. The van der Waals surface area contributed by atoms with Gasteiger partial charge in [-0.1, -0.05) is 26.2 Å². The Morgan fingerprint density at radius 1 is 1.35 bits per heavy atom. The minimum Gasteiger partial charge on any atom is -0.480 e. The number of aryl methyl sites for hydroxylation is 1. The highest BCUT2D eigenvalue weighted by Crippen LogP contribution is 2.24. The first-order valence-corrected chi connectivity index (χ1v) is 7.54. The zero-order chi connectivity index (χ0) is 14.4. The summed E-state index contributed by atoms with van der Waals surface area (Å²) in [6.45, 7) is 2.07. The number of hydrogen-bond acceptors (Lipinski definition) is 4. The molecule has 2 rings (SSSR count). The Bertz CT molecular complexity index is 462. The Morgan fingerprint density at radius 2 is 2.15 bits per heavy atom. The van der Waals surface area contributed by atoms with Crippen molar-refractivity contribution >= 4 is 11.8 Å².